The minimum atomic E-state index is -0.479. The summed E-state index contributed by atoms with van der Waals surface area (Å²) in [6.45, 7) is 5.74. The summed E-state index contributed by atoms with van der Waals surface area (Å²) in [5.41, 5.74) is 2.63. The Hall–Kier alpha value is -2.20. The first-order valence-corrected chi connectivity index (χ1v) is 11.3. The van der Waals surface area contributed by atoms with E-state index in [2.05, 4.69) is 38.1 Å². The number of carbonyl (C=O) groups is 1. The van der Waals surface area contributed by atoms with E-state index in [1.165, 1.54) is 31.4 Å². The molecule has 1 aliphatic heterocycles. The lowest BCUT2D eigenvalue weighted by molar-refractivity contribution is -0.384. The topological polar surface area (TPSA) is 87.5 Å². The van der Waals surface area contributed by atoms with E-state index in [9.17, 15) is 14.9 Å². The molecule has 2 N–H and O–H groups in total. The van der Waals surface area contributed by atoms with Crippen LogP contribution in [0.5, 0.6) is 0 Å². The van der Waals surface area contributed by atoms with Crippen molar-refractivity contribution in [3.05, 3.63) is 61.2 Å². The number of piperidine rings is 1. The number of anilines is 2. The van der Waals surface area contributed by atoms with Gasteiger partial charge in [0, 0.05) is 27.9 Å². The predicted octanol–water partition coefficient (Wildman–Crippen LogP) is 4.86. The molecule has 1 fully saturated rings. The number of carbonyl (C=O) groups excluding carboxylic acids is 1. The molecule has 0 unspecified atom stereocenters. The molecule has 0 aliphatic carbocycles. The van der Waals surface area contributed by atoms with E-state index in [-0.39, 0.29) is 17.2 Å². The van der Waals surface area contributed by atoms with Gasteiger partial charge in [-0.25, -0.2) is 0 Å². The summed E-state index contributed by atoms with van der Waals surface area (Å²) in [7, 11) is 0. The number of halogens is 1. The Kier molecular flexibility index (Phi) is 8.03. The zero-order chi connectivity index (χ0) is 21.5. The fourth-order valence-corrected chi connectivity index (χ4v) is 4.28. The number of nitrogens with zero attached hydrogens (tertiary/aromatic N) is 2. The molecule has 0 saturated carbocycles. The number of amides is 1. The SMILES string of the molecule is Cc1cc(I)ccc1Nc1ccc([N+](=O)[O-])cc1C(=O)NCCCN1CCCCC1. The van der Waals surface area contributed by atoms with Crippen LogP contribution in [0.3, 0.4) is 0 Å². The summed E-state index contributed by atoms with van der Waals surface area (Å²) in [6, 6.07) is 10.3. The molecule has 1 amide bonds. The Labute approximate surface area is 190 Å². The molecule has 160 valence electrons. The molecule has 2 aromatic carbocycles. The maximum Gasteiger partial charge on any atom is 0.270 e. The fraction of sp³-hybridized carbons (Fsp3) is 0.409. The van der Waals surface area contributed by atoms with E-state index in [1.54, 1.807) is 6.07 Å². The molecule has 0 radical (unpaired) electrons. The van der Waals surface area contributed by atoms with Gasteiger partial charge in [-0.1, -0.05) is 6.42 Å². The first kappa shape index (κ1) is 22.5. The zero-order valence-corrected chi connectivity index (χ0v) is 19.3. The first-order chi connectivity index (χ1) is 14.4. The number of nitro groups is 1. The molecular weight excluding hydrogens is 495 g/mol. The average molecular weight is 522 g/mol. The maximum absolute atomic E-state index is 12.8. The van der Waals surface area contributed by atoms with E-state index in [4.69, 9.17) is 0 Å². The van der Waals surface area contributed by atoms with Crippen LogP contribution in [0.4, 0.5) is 17.1 Å². The zero-order valence-electron chi connectivity index (χ0n) is 17.1. The van der Waals surface area contributed by atoms with Crippen LogP contribution in [0.2, 0.25) is 0 Å². The molecule has 1 heterocycles. The number of nitro benzene ring substituents is 1. The number of benzene rings is 2. The summed E-state index contributed by atoms with van der Waals surface area (Å²) in [5, 5.41) is 17.4. The molecule has 1 saturated heterocycles. The summed E-state index contributed by atoms with van der Waals surface area (Å²) in [6.07, 6.45) is 4.65. The Morgan fingerprint density at radius 3 is 2.57 bits per heavy atom. The van der Waals surface area contributed by atoms with Gasteiger partial charge in [-0.3, -0.25) is 14.9 Å². The van der Waals surface area contributed by atoms with Gasteiger partial charge in [0.1, 0.15) is 0 Å². The van der Waals surface area contributed by atoms with Crippen molar-refractivity contribution in [2.24, 2.45) is 0 Å². The number of nitrogens with one attached hydrogen (secondary N) is 2. The van der Waals surface area contributed by atoms with Crippen LogP contribution in [-0.2, 0) is 0 Å². The Balaban J connectivity index is 1.69. The quantitative estimate of drug-likeness (QED) is 0.224. The third-order valence-electron chi connectivity index (χ3n) is 5.30. The van der Waals surface area contributed by atoms with Crippen LogP contribution in [0.25, 0.3) is 0 Å². The van der Waals surface area contributed by atoms with E-state index in [0.29, 0.717) is 12.2 Å². The van der Waals surface area contributed by atoms with Crippen LogP contribution in [-0.4, -0.2) is 41.9 Å². The summed E-state index contributed by atoms with van der Waals surface area (Å²) in [5.74, 6) is -0.303. The summed E-state index contributed by atoms with van der Waals surface area (Å²) in [4.78, 5) is 26.0. The molecule has 3 rings (SSSR count). The van der Waals surface area contributed by atoms with Gasteiger partial charge in [-0.05, 0) is 98.2 Å². The average Bonchev–Trinajstić information content (AvgIpc) is 2.74. The Bertz CT molecular complexity index is 913. The highest BCUT2D eigenvalue weighted by Gasteiger charge is 2.18. The van der Waals surface area contributed by atoms with E-state index in [0.717, 1.165) is 40.9 Å². The van der Waals surface area contributed by atoms with Gasteiger partial charge in [0.05, 0.1) is 16.2 Å². The number of rotatable bonds is 8. The van der Waals surface area contributed by atoms with Crippen molar-refractivity contribution >= 4 is 45.6 Å². The van der Waals surface area contributed by atoms with Crippen molar-refractivity contribution < 1.29 is 9.72 Å². The molecule has 30 heavy (non-hydrogen) atoms. The highest BCUT2D eigenvalue weighted by Crippen LogP contribution is 2.28. The summed E-state index contributed by atoms with van der Waals surface area (Å²) < 4.78 is 1.12. The third kappa shape index (κ3) is 6.15. The van der Waals surface area contributed by atoms with Crippen molar-refractivity contribution in [1.29, 1.82) is 0 Å². The van der Waals surface area contributed by atoms with Crippen LogP contribution >= 0.6 is 22.6 Å². The molecule has 0 aromatic heterocycles. The van der Waals surface area contributed by atoms with Gasteiger partial charge >= 0.3 is 0 Å². The summed E-state index contributed by atoms with van der Waals surface area (Å²) >= 11 is 2.25. The largest absolute Gasteiger partial charge is 0.355 e. The predicted molar refractivity (Wildman–Crippen MR) is 128 cm³/mol. The highest BCUT2D eigenvalue weighted by molar-refractivity contribution is 14.1. The number of hydrogen-bond acceptors (Lipinski definition) is 5. The van der Waals surface area contributed by atoms with Gasteiger partial charge in [0.2, 0.25) is 0 Å². The minimum absolute atomic E-state index is 0.0988. The lowest BCUT2D eigenvalue weighted by Gasteiger charge is -2.26. The number of hydrogen-bond donors (Lipinski definition) is 2. The molecule has 8 heteroatoms. The monoisotopic (exact) mass is 522 g/mol. The standard InChI is InChI=1S/C22H27IN4O3/c1-16-14-17(23)6-8-20(16)25-21-9-7-18(27(29)30)15-19(21)22(28)24-10-5-13-26-11-3-2-4-12-26/h6-9,14-15,25H,2-5,10-13H2,1H3,(H,24,28). The smallest absolute Gasteiger partial charge is 0.270 e. The van der Waals surface area contributed by atoms with Crippen molar-refractivity contribution in [2.75, 3.05) is 31.5 Å². The molecule has 2 aromatic rings. The van der Waals surface area contributed by atoms with Crippen LogP contribution in [0.15, 0.2) is 36.4 Å². The van der Waals surface area contributed by atoms with Gasteiger partial charge in [0.15, 0.2) is 0 Å². The van der Waals surface area contributed by atoms with Crippen molar-refractivity contribution in [3.63, 3.8) is 0 Å². The van der Waals surface area contributed by atoms with Gasteiger partial charge in [0.25, 0.3) is 11.6 Å². The van der Waals surface area contributed by atoms with Crippen LogP contribution < -0.4 is 10.6 Å². The van der Waals surface area contributed by atoms with Gasteiger partial charge in [-0.2, -0.15) is 0 Å². The minimum Gasteiger partial charge on any atom is -0.355 e. The molecular formula is C22H27IN4O3. The first-order valence-electron chi connectivity index (χ1n) is 10.3. The van der Waals surface area contributed by atoms with E-state index in [1.807, 2.05) is 25.1 Å². The van der Waals surface area contributed by atoms with E-state index >= 15 is 0 Å². The molecule has 0 bridgehead atoms. The van der Waals surface area contributed by atoms with Gasteiger partial charge < -0.3 is 15.5 Å². The van der Waals surface area contributed by atoms with Crippen LogP contribution in [0, 0.1) is 20.6 Å². The highest BCUT2D eigenvalue weighted by atomic mass is 127. The third-order valence-corrected chi connectivity index (χ3v) is 5.97. The lowest BCUT2D eigenvalue weighted by atomic mass is 10.1. The van der Waals surface area contributed by atoms with Crippen molar-refractivity contribution in [3.8, 4) is 0 Å². The second kappa shape index (κ2) is 10.7. The molecule has 1 aliphatic rings. The second-order valence-corrected chi connectivity index (χ2v) is 8.83. The Morgan fingerprint density at radius 1 is 1.13 bits per heavy atom. The Morgan fingerprint density at radius 2 is 1.87 bits per heavy atom. The second-order valence-electron chi connectivity index (χ2n) is 7.58. The van der Waals surface area contributed by atoms with E-state index < -0.39 is 4.92 Å². The van der Waals surface area contributed by atoms with Gasteiger partial charge in [-0.15, -0.1) is 0 Å². The molecule has 0 spiro atoms. The number of likely N-dealkylation sites (tertiary alicyclic amines) is 1. The number of non-ortho nitro benzene ring substituents is 1. The molecule has 7 nitrogen and oxygen atoms in total. The fourth-order valence-electron chi connectivity index (χ4n) is 3.64. The lowest BCUT2D eigenvalue weighted by Crippen LogP contribution is -2.33. The van der Waals surface area contributed by atoms with Crippen molar-refractivity contribution in [2.45, 2.75) is 32.6 Å². The normalized spacial score (nSPS) is 14.3. The maximum atomic E-state index is 12.8. The molecule has 0 atom stereocenters. The van der Waals surface area contributed by atoms with Crippen molar-refractivity contribution in [1.82, 2.24) is 10.2 Å². The number of aryl methyl sites for hydroxylation is 1. The van der Waals surface area contributed by atoms with Crippen LogP contribution in [0.1, 0.15) is 41.6 Å².